The van der Waals surface area contributed by atoms with Crippen LogP contribution < -0.4 is 19.9 Å². The van der Waals surface area contributed by atoms with E-state index in [4.69, 9.17) is 9.47 Å². The van der Waals surface area contributed by atoms with Gasteiger partial charge in [-0.3, -0.25) is 9.69 Å². The van der Waals surface area contributed by atoms with Crippen molar-refractivity contribution < 1.29 is 29.0 Å². The molecule has 1 aromatic carbocycles. The average Bonchev–Trinajstić information content (AvgIpc) is 2.81. The Morgan fingerprint density at radius 3 is 2.72 bits per heavy atom. The number of urea groups is 1. The molecule has 0 aromatic heterocycles. The Bertz CT molecular complexity index is 746. The predicted molar refractivity (Wildman–Crippen MR) is 89.7 cm³/mol. The summed E-state index contributed by atoms with van der Waals surface area (Å²) in [6.45, 7) is 1.58. The molecule has 0 spiro atoms. The number of nitrogens with one attached hydrogen (secondary N) is 1. The molecular formula is C16H16BrN2O6-. The van der Waals surface area contributed by atoms with Crippen LogP contribution in [0.4, 0.5) is 4.79 Å². The van der Waals surface area contributed by atoms with Crippen molar-refractivity contribution in [2.45, 2.75) is 13.3 Å². The van der Waals surface area contributed by atoms with Gasteiger partial charge in [-0.05, 0) is 46.1 Å². The molecule has 1 aromatic rings. The van der Waals surface area contributed by atoms with Crippen molar-refractivity contribution >= 4 is 39.9 Å². The Hall–Kier alpha value is -2.55. The molecule has 0 radical (unpaired) electrons. The van der Waals surface area contributed by atoms with E-state index < -0.39 is 24.5 Å². The van der Waals surface area contributed by atoms with Gasteiger partial charge in [0.05, 0.1) is 17.6 Å². The fourth-order valence-corrected chi connectivity index (χ4v) is 2.83. The number of carboxylic acids is 1. The quantitative estimate of drug-likeness (QED) is 0.527. The number of ether oxygens (including phenoxy) is 2. The summed E-state index contributed by atoms with van der Waals surface area (Å²) >= 11 is 3.27. The van der Waals surface area contributed by atoms with Crippen molar-refractivity contribution in [3.63, 3.8) is 0 Å². The Labute approximate surface area is 152 Å². The van der Waals surface area contributed by atoms with Crippen molar-refractivity contribution in [2.75, 3.05) is 20.3 Å². The number of rotatable bonds is 7. The Morgan fingerprint density at radius 1 is 1.40 bits per heavy atom. The number of hydrogen-bond donors (Lipinski definition) is 1. The minimum absolute atomic E-state index is 0.149. The first-order valence-electron chi connectivity index (χ1n) is 7.42. The van der Waals surface area contributed by atoms with Gasteiger partial charge in [-0.15, -0.1) is 0 Å². The van der Waals surface area contributed by atoms with Crippen LogP contribution in [0.2, 0.25) is 0 Å². The second-order valence-electron chi connectivity index (χ2n) is 5.14. The van der Waals surface area contributed by atoms with Gasteiger partial charge in [0, 0.05) is 6.54 Å². The largest absolute Gasteiger partial charge is 0.546 e. The summed E-state index contributed by atoms with van der Waals surface area (Å²) in [4.78, 5) is 35.7. The molecule has 1 fully saturated rings. The summed E-state index contributed by atoms with van der Waals surface area (Å²) < 4.78 is 10.8. The summed E-state index contributed by atoms with van der Waals surface area (Å²) in [7, 11) is 1.40. The van der Waals surface area contributed by atoms with Crippen molar-refractivity contribution in [3.8, 4) is 11.5 Å². The lowest BCUT2D eigenvalue weighted by molar-refractivity contribution is -0.307. The molecule has 1 saturated heterocycles. The number of imide groups is 1. The molecule has 0 bridgehead atoms. The number of aliphatic carboxylic acids is 1. The second kappa shape index (κ2) is 8.02. The van der Waals surface area contributed by atoms with Gasteiger partial charge in [0.25, 0.3) is 5.91 Å². The van der Waals surface area contributed by atoms with Gasteiger partial charge in [0.15, 0.2) is 11.5 Å². The summed E-state index contributed by atoms with van der Waals surface area (Å²) in [6, 6.07) is 2.71. The number of methoxy groups -OCH3 is 1. The normalized spacial score (nSPS) is 15.5. The zero-order valence-corrected chi connectivity index (χ0v) is 15.2. The highest BCUT2D eigenvalue weighted by atomic mass is 79.9. The smallest absolute Gasteiger partial charge is 0.329 e. The molecule has 0 unspecified atom stereocenters. The third-order valence-electron chi connectivity index (χ3n) is 3.31. The highest BCUT2D eigenvalue weighted by Crippen LogP contribution is 2.37. The number of carboxylic acid groups (broad SMARTS) is 1. The maximum Gasteiger partial charge on any atom is 0.329 e. The third-order valence-corrected chi connectivity index (χ3v) is 3.90. The molecule has 25 heavy (non-hydrogen) atoms. The highest BCUT2D eigenvalue weighted by molar-refractivity contribution is 9.10. The van der Waals surface area contributed by atoms with Crippen LogP contribution in [0.15, 0.2) is 22.3 Å². The SMILES string of the molecule is CCCN1C(=O)N/C(=C/c2cc(Br)c(OCC(=O)[O-])c(OC)c2)C1=O. The van der Waals surface area contributed by atoms with E-state index in [2.05, 4.69) is 21.2 Å². The van der Waals surface area contributed by atoms with Gasteiger partial charge in [0.2, 0.25) is 0 Å². The van der Waals surface area contributed by atoms with E-state index in [9.17, 15) is 19.5 Å². The molecule has 1 heterocycles. The predicted octanol–water partition coefficient (Wildman–Crippen LogP) is 0.889. The van der Waals surface area contributed by atoms with Crippen LogP contribution in [0.25, 0.3) is 6.08 Å². The minimum atomic E-state index is -1.37. The van der Waals surface area contributed by atoms with Crippen LogP contribution in [0.5, 0.6) is 11.5 Å². The monoisotopic (exact) mass is 411 g/mol. The Kier molecular flexibility index (Phi) is 6.02. The molecule has 1 aliphatic rings. The van der Waals surface area contributed by atoms with Gasteiger partial charge < -0.3 is 24.7 Å². The van der Waals surface area contributed by atoms with Crippen molar-refractivity contribution in [1.82, 2.24) is 10.2 Å². The second-order valence-corrected chi connectivity index (χ2v) is 5.99. The number of hydrogen-bond acceptors (Lipinski definition) is 6. The van der Waals surface area contributed by atoms with Crippen molar-refractivity contribution in [2.24, 2.45) is 0 Å². The molecule has 8 nitrogen and oxygen atoms in total. The first kappa shape index (κ1) is 18.8. The third kappa shape index (κ3) is 4.30. The molecule has 134 valence electrons. The lowest BCUT2D eigenvalue weighted by Crippen LogP contribution is -2.31. The minimum Gasteiger partial charge on any atom is -0.546 e. The van der Waals surface area contributed by atoms with E-state index in [1.54, 1.807) is 12.1 Å². The zero-order chi connectivity index (χ0) is 18.6. The van der Waals surface area contributed by atoms with Crippen molar-refractivity contribution in [1.29, 1.82) is 0 Å². The van der Waals surface area contributed by atoms with Crippen LogP contribution in [0.3, 0.4) is 0 Å². The first-order chi connectivity index (χ1) is 11.9. The topological polar surface area (TPSA) is 108 Å². The maximum absolute atomic E-state index is 12.2. The highest BCUT2D eigenvalue weighted by Gasteiger charge is 2.32. The number of carbonyl (C=O) groups excluding carboxylic acids is 3. The Balaban J connectivity index is 2.31. The van der Waals surface area contributed by atoms with Crippen LogP contribution >= 0.6 is 15.9 Å². The van der Waals surface area contributed by atoms with E-state index in [0.29, 0.717) is 23.0 Å². The molecule has 9 heteroatoms. The van der Waals surface area contributed by atoms with Crippen molar-refractivity contribution in [3.05, 3.63) is 27.9 Å². The van der Waals surface area contributed by atoms with E-state index in [0.717, 1.165) is 4.90 Å². The fraction of sp³-hybridized carbons (Fsp3) is 0.312. The van der Waals surface area contributed by atoms with E-state index in [1.165, 1.54) is 13.2 Å². The van der Waals surface area contributed by atoms with E-state index in [-0.39, 0.29) is 17.2 Å². The Morgan fingerprint density at radius 2 is 2.12 bits per heavy atom. The number of halogens is 1. The molecule has 3 amide bonds. The van der Waals surface area contributed by atoms with Crippen LogP contribution in [-0.4, -0.2) is 43.1 Å². The lowest BCUT2D eigenvalue weighted by atomic mass is 10.1. The van der Waals surface area contributed by atoms with Gasteiger partial charge >= 0.3 is 6.03 Å². The van der Waals surface area contributed by atoms with Gasteiger partial charge in [0.1, 0.15) is 12.3 Å². The molecule has 0 saturated carbocycles. The first-order valence-corrected chi connectivity index (χ1v) is 8.21. The summed E-state index contributed by atoms with van der Waals surface area (Å²) in [5.41, 5.74) is 0.710. The average molecular weight is 412 g/mol. The van der Waals surface area contributed by atoms with Gasteiger partial charge in [-0.1, -0.05) is 6.92 Å². The standard InChI is InChI=1S/C16H17BrN2O6/c1-3-4-19-15(22)11(18-16(19)23)6-9-5-10(17)14(12(7-9)24-2)25-8-13(20)21/h5-7H,3-4,8H2,1-2H3,(H,18,23)(H,20,21)/p-1/b11-6+. The number of benzene rings is 1. The molecule has 1 N–H and O–H groups in total. The number of nitrogens with zero attached hydrogens (tertiary/aromatic N) is 1. The summed E-state index contributed by atoms with van der Waals surface area (Å²) in [5.74, 6) is -1.30. The molecule has 0 atom stereocenters. The number of carbonyl (C=O) groups is 3. The molecule has 2 rings (SSSR count). The zero-order valence-electron chi connectivity index (χ0n) is 13.6. The number of amides is 3. The van der Waals surface area contributed by atoms with Gasteiger partial charge in [-0.25, -0.2) is 4.79 Å². The van der Waals surface area contributed by atoms with E-state index >= 15 is 0 Å². The fourth-order valence-electron chi connectivity index (χ4n) is 2.26. The molecule has 1 aliphatic heterocycles. The summed E-state index contributed by atoms with van der Waals surface area (Å²) in [6.07, 6.45) is 2.17. The molecular weight excluding hydrogens is 396 g/mol. The molecule has 0 aliphatic carbocycles. The van der Waals surface area contributed by atoms with Gasteiger partial charge in [-0.2, -0.15) is 0 Å². The lowest BCUT2D eigenvalue weighted by Gasteiger charge is -2.14. The van der Waals surface area contributed by atoms with Crippen LogP contribution in [0, 0.1) is 0 Å². The van der Waals surface area contributed by atoms with Crippen LogP contribution in [0.1, 0.15) is 18.9 Å². The maximum atomic E-state index is 12.2. The van der Waals surface area contributed by atoms with Crippen LogP contribution in [-0.2, 0) is 9.59 Å². The van der Waals surface area contributed by atoms with E-state index in [1.807, 2.05) is 6.92 Å². The summed E-state index contributed by atoms with van der Waals surface area (Å²) in [5, 5.41) is 13.1.